The van der Waals surface area contributed by atoms with E-state index >= 15 is 0 Å². The molecule has 6 heteroatoms. The molecule has 1 saturated heterocycles. The number of hydrogen-bond acceptors (Lipinski definition) is 5. The minimum absolute atomic E-state index is 0.110. The third-order valence-electron chi connectivity index (χ3n) is 3.91. The molecule has 1 unspecified atom stereocenters. The van der Waals surface area contributed by atoms with Crippen molar-refractivity contribution in [3.8, 4) is 5.75 Å². The molecule has 0 radical (unpaired) electrons. The number of nitro benzene ring substituents is 1. The molecular weight excluding hydrogens is 272 g/mol. The summed E-state index contributed by atoms with van der Waals surface area (Å²) in [6.07, 6.45) is 3.39. The normalized spacial score (nSPS) is 21.4. The molecule has 6 nitrogen and oxygen atoms in total. The van der Waals surface area contributed by atoms with E-state index in [1.54, 1.807) is 12.1 Å². The molecule has 21 heavy (non-hydrogen) atoms. The summed E-state index contributed by atoms with van der Waals surface area (Å²) in [5, 5.41) is 14.3. The van der Waals surface area contributed by atoms with Crippen LogP contribution in [0.3, 0.4) is 0 Å². The van der Waals surface area contributed by atoms with Gasteiger partial charge >= 0.3 is 0 Å². The van der Waals surface area contributed by atoms with Gasteiger partial charge in [-0.25, -0.2) is 0 Å². The highest BCUT2D eigenvalue weighted by molar-refractivity contribution is 5.43. The van der Waals surface area contributed by atoms with Gasteiger partial charge in [-0.15, -0.1) is 0 Å². The Balaban J connectivity index is 1.67. The average Bonchev–Trinajstić information content (AvgIpc) is 3.17. The lowest BCUT2D eigenvalue weighted by Gasteiger charge is -2.14. The maximum atomic E-state index is 10.9. The van der Waals surface area contributed by atoms with Crippen LogP contribution in [0.15, 0.2) is 18.2 Å². The van der Waals surface area contributed by atoms with Gasteiger partial charge in [-0.05, 0) is 25.3 Å². The van der Waals surface area contributed by atoms with Crippen molar-refractivity contribution in [3.05, 3.63) is 33.9 Å². The van der Waals surface area contributed by atoms with Gasteiger partial charge < -0.3 is 14.8 Å². The van der Waals surface area contributed by atoms with Crippen molar-refractivity contribution >= 4 is 5.69 Å². The van der Waals surface area contributed by atoms with Gasteiger partial charge in [0.1, 0.15) is 5.75 Å². The smallest absolute Gasteiger partial charge is 0.270 e. The number of nitrogens with one attached hydrogen (secondary N) is 1. The van der Waals surface area contributed by atoms with Crippen molar-refractivity contribution in [1.29, 1.82) is 0 Å². The molecule has 1 heterocycles. The number of rotatable bonds is 7. The third kappa shape index (κ3) is 3.92. The first-order valence-corrected chi connectivity index (χ1v) is 7.43. The van der Waals surface area contributed by atoms with E-state index in [9.17, 15) is 10.1 Å². The molecule has 1 aromatic carbocycles. The number of nitro groups is 1. The minimum atomic E-state index is -0.366. The molecule has 1 N–H and O–H groups in total. The second-order valence-corrected chi connectivity index (χ2v) is 5.74. The number of hydrogen-bond donors (Lipinski definition) is 1. The zero-order valence-corrected chi connectivity index (χ0v) is 11.9. The molecule has 1 atom stereocenters. The van der Waals surface area contributed by atoms with Gasteiger partial charge in [0.25, 0.3) is 5.69 Å². The highest BCUT2D eigenvalue weighted by atomic mass is 16.6. The van der Waals surface area contributed by atoms with Crippen LogP contribution < -0.4 is 10.1 Å². The molecule has 0 spiro atoms. The van der Waals surface area contributed by atoms with Crippen molar-refractivity contribution in [3.63, 3.8) is 0 Å². The summed E-state index contributed by atoms with van der Waals surface area (Å²) in [5.41, 5.74) is 0.967. The van der Waals surface area contributed by atoms with E-state index in [1.807, 2.05) is 0 Å². The SMILES string of the molecule is O=[N+]([O-])c1ccc(OCC2CCOC2)c(CNC2CC2)c1. The van der Waals surface area contributed by atoms with E-state index in [-0.39, 0.29) is 10.6 Å². The Labute approximate surface area is 123 Å². The Morgan fingerprint density at radius 2 is 2.24 bits per heavy atom. The van der Waals surface area contributed by atoms with Gasteiger partial charge in [0.05, 0.1) is 18.1 Å². The number of non-ortho nitro benzene ring substituents is 1. The molecule has 2 aliphatic rings. The molecular formula is C15H20N2O4. The molecule has 1 aromatic rings. The fraction of sp³-hybridized carbons (Fsp3) is 0.600. The Kier molecular flexibility index (Phi) is 4.36. The van der Waals surface area contributed by atoms with E-state index in [2.05, 4.69) is 5.32 Å². The van der Waals surface area contributed by atoms with E-state index in [0.717, 1.165) is 30.9 Å². The van der Waals surface area contributed by atoms with Gasteiger partial charge in [-0.1, -0.05) is 0 Å². The van der Waals surface area contributed by atoms with Crippen LogP contribution in [-0.2, 0) is 11.3 Å². The van der Waals surface area contributed by atoms with Crippen LogP contribution in [0.5, 0.6) is 5.75 Å². The van der Waals surface area contributed by atoms with E-state index < -0.39 is 0 Å². The summed E-state index contributed by atoms with van der Waals surface area (Å²) in [7, 11) is 0. The van der Waals surface area contributed by atoms with Crippen molar-refractivity contribution < 1.29 is 14.4 Å². The lowest BCUT2D eigenvalue weighted by molar-refractivity contribution is -0.384. The highest BCUT2D eigenvalue weighted by Gasteiger charge is 2.22. The minimum Gasteiger partial charge on any atom is -0.493 e. The van der Waals surface area contributed by atoms with Crippen LogP contribution in [0, 0.1) is 16.0 Å². The molecule has 1 aliphatic heterocycles. The molecule has 0 bridgehead atoms. The third-order valence-corrected chi connectivity index (χ3v) is 3.91. The first-order valence-electron chi connectivity index (χ1n) is 7.43. The fourth-order valence-electron chi connectivity index (χ4n) is 2.42. The molecule has 3 rings (SSSR count). The van der Waals surface area contributed by atoms with Gasteiger partial charge in [0.15, 0.2) is 0 Å². The van der Waals surface area contributed by atoms with Gasteiger partial charge in [-0.3, -0.25) is 10.1 Å². The van der Waals surface area contributed by atoms with Gasteiger partial charge in [0.2, 0.25) is 0 Å². The van der Waals surface area contributed by atoms with E-state index in [1.165, 1.54) is 18.9 Å². The summed E-state index contributed by atoms with van der Waals surface area (Å²) >= 11 is 0. The highest BCUT2D eigenvalue weighted by Crippen LogP contribution is 2.27. The monoisotopic (exact) mass is 292 g/mol. The summed E-state index contributed by atoms with van der Waals surface area (Å²) < 4.78 is 11.2. The van der Waals surface area contributed by atoms with Crippen LogP contribution in [0.25, 0.3) is 0 Å². The van der Waals surface area contributed by atoms with E-state index in [0.29, 0.717) is 25.1 Å². The Hall–Kier alpha value is -1.66. The lowest BCUT2D eigenvalue weighted by atomic mass is 10.1. The first-order chi connectivity index (χ1) is 10.2. The van der Waals surface area contributed by atoms with Crippen molar-refractivity contribution in [2.24, 2.45) is 5.92 Å². The average molecular weight is 292 g/mol. The molecule has 114 valence electrons. The summed E-state index contributed by atoms with van der Waals surface area (Å²) in [4.78, 5) is 10.5. The molecule has 0 amide bonds. The number of benzene rings is 1. The quantitative estimate of drug-likeness (QED) is 0.616. The second kappa shape index (κ2) is 6.41. The van der Waals surface area contributed by atoms with Crippen LogP contribution in [-0.4, -0.2) is 30.8 Å². The van der Waals surface area contributed by atoms with Crippen molar-refractivity contribution in [2.45, 2.75) is 31.8 Å². The zero-order valence-electron chi connectivity index (χ0n) is 11.9. The lowest BCUT2D eigenvalue weighted by Crippen LogP contribution is -2.17. The second-order valence-electron chi connectivity index (χ2n) is 5.74. The number of ether oxygens (including phenoxy) is 2. The standard InChI is InChI=1S/C15H20N2O4/c18-17(19)14-3-4-15(21-10-11-5-6-20-9-11)12(7-14)8-16-13-1-2-13/h3-4,7,11,13,16H,1-2,5-6,8-10H2. The number of nitrogens with zero attached hydrogens (tertiary/aromatic N) is 1. The van der Waals surface area contributed by atoms with Crippen LogP contribution in [0.2, 0.25) is 0 Å². The summed E-state index contributed by atoms with van der Waals surface area (Å²) in [6, 6.07) is 5.37. The summed E-state index contributed by atoms with van der Waals surface area (Å²) in [5.74, 6) is 1.16. The Morgan fingerprint density at radius 3 is 2.90 bits per heavy atom. The Morgan fingerprint density at radius 1 is 1.38 bits per heavy atom. The van der Waals surface area contributed by atoms with Crippen LogP contribution in [0.4, 0.5) is 5.69 Å². The molecule has 1 saturated carbocycles. The fourth-order valence-corrected chi connectivity index (χ4v) is 2.42. The maximum Gasteiger partial charge on any atom is 0.270 e. The largest absolute Gasteiger partial charge is 0.493 e. The summed E-state index contributed by atoms with van der Waals surface area (Å²) in [6.45, 7) is 2.75. The zero-order chi connectivity index (χ0) is 14.7. The molecule has 2 fully saturated rings. The van der Waals surface area contributed by atoms with Crippen molar-refractivity contribution in [1.82, 2.24) is 5.32 Å². The molecule has 1 aliphatic carbocycles. The maximum absolute atomic E-state index is 10.9. The van der Waals surface area contributed by atoms with E-state index in [4.69, 9.17) is 9.47 Å². The topological polar surface area (TPSA) is 73.6 Å². The van der Waals surface area contributed by atoms with Gasteiger partial charge in [-0.2, -0.15) is 0 Å². The first kappa shape index (κ1) is 14.3. The van der Waals surface area contributed by atoms with Crippen LogP contribution >= 0.6 is 0 Å². The molecule has 0 aromatic heterocycles. The predicted molar refractivity (Wildman–Crippen MR) is 77.4 cm³/mol. The van der Waals surface area contributed by atoms with Gasteiger partial charge in [0, 0.05) is 42.8 Å². The Bertz CT molecular complexity index is 510. The van der Waals surface area contributed by atoms with Crippen molar-refractivity contribution in [2.75, 3.05) is 19.8 Å². The van der Waals surface area contributed by atoms with Crippen LogP contribution in [0.1, 0.15) is 24.8 Å². The predicted octanol–water partition coefficient (Wildman–Crippen LogP) is 2.26.